The van der Waals surface area contributed by atoms with Gasteiger partial charge in [0.25, 0.3) is 0 Å². The Kier molecular flexibility index (Phi) is 6.80. The number of carbonyl (C=O) groups is 1. The van der Waals surface area contributed by atoms with Crippen LogP contribution in [0, 0.1) is 0 Å². The Hall–Kier alpha value is -1.44. The number of aliphatic hydroxyl groups excluding tert-OH is 1. The first kappa shape index (κ1) is 17.6. The maximum absolute atomic E-state index is 12.0. The smallest absolute Gasteiger partial charge is 0.305 e. The monoisotopic (exact) mass is 315 g/mol. The number of carbonyl (C=O) groups excluding carboxylic acids is 1. The van der Waals surface area contributed by atoms with Crippen LogP contribution in [0.3, 0.4) is 0 Å². The molecule has 1 unspecified atom stereocenters. The molecule has 2 N–H and O–H groups in total. The number of aliphatic hydroxyl groups is 1. The standard InChI is InChI=1S/C14H21NO5S/c1-3-20-14(17)5-4-10-15-21(18,19)13-8-6-12(7-9-13)11(2)16/h6-9,11,15-16H,3-5,10H2,1-2H3. The molecule has 1 aromatic rings. The molecular formula is C14H21NO5S. The van der Waals surface area contributed by atoms with E-state index in [0.29, 0.717) is 18.6 Å². The summed E-state index contributed by atoms with van der Waals surface area (Å²) in [7, 11) is -3.60. The second kappa shape index (κ2) is 8.11. The van der Waals surface area contributed by atoms with Crippen LogP contribution in [0.5, 0.6) is 0 Å². The van der Waals surface area contributed by atoms with Gasteiger partial charge >= 0.3 is 5.97 Å². The summed E-state index contributed by atoms with van der Waals surface area (Å²) in [6, 6.07) is 6.02. The highest BCUT2D eigenvalue weighted by molar-refractivity contribution is 7.89. The minimum atomic E-state index is -3.60. The first-order valence-corrected chi connectivity index (χ1v) is 8.28. The third-order valence-electron chi connectivity index (χ3n) is 2.83. The number of ether oxygens (including phenoxy) is 1. The highest BCUT2D eigenvalue weighted by Crippen LogP contribution is 2.15. The topological polar surface area (TPSA) is 92.7 Å². The van der Waals surface area contributed by atoms with Crippen molar-refractivity contribution in [2.45, 2.75) is 37.7 Å². The average Bonchev–Trinajstić information content (AvgIpc) is 2.44. The van der Waals surface area contributed by atoms with E-state index in [1.807, 2.05) is 0 Å². The maximum Gasteiger partial charge on any atom is 0.305 e. The lowest BCUT2D eigenvalue weighted by molar-refractivity contribution is -0.143. The molecule has 0 saturated carbocycles. The molecule has 0 aromatic heterocycles. The molecule has 1 rings (SSSR count). The number of hydrogen-bond acceptors (Lipinski definition) is 5. The van der Waals surface area contributed by atoms with Crippen molar-refractivity contribution in [1.29, 1.82) is 0 Å². The van der Waals surface area contributed by atoms with E-state index in [9.17, 15) is 18.3 Å². The van der Waals surface area contributed by atoms with E-state index < -0.39 is 16.1 Å². The summed E-state index contributed by atoms with van der Waals surface area (Å²) in [6.07, 6.45) is -0.0829. The quantitative estimate of drug-likeness (QED) is 0.558. The van der Waals surface area contributed by atoms with Crippen LogP contribution in [-0.4, -0.2) is 32.6 Å². The van der Waals surface area contributed by atoms with Gasteiger partial charge in [-0.05, 0) is 38.0 Å². The molecule has 1 atom stereocenters. The fraction of sp³-hybridized carbons (Fsp3) is 0.500. The van der Waals surface area contributed by atoms with Gasteiger partial charge < -0.3 is 9.84 Å². The minimum absolute atomic E-state index is 0.128. The molecule has 0 fully saturated rings. The molecule has 0 saturated heterocycles. The van der Waals surface area contributed by atoms with E-state index in [1.54, 1.807) is 26.0 Å². The Morgan fingerprint density at radius 2 is 1.95 bits per heavy atom. The normalized spacial score (nSPS) is 12.9. The first-order valence-electron chi connectivity index (χ1n) is 6.80. The summed E-state index contributed by atoms with van der Waals surface area (Å²) in [6.45, 7) is 3.81. The van der Waals surface area contributed by atoms with Crippen molar-refractivity contribution >= 4 is 16.0 Å². The third-order valence-corrected chi connectivity index (χ3v) is 4.30. The van der Waals surface area contributed by atoms with Gasteiger partial charge in [-0.1, -0.05) is 12.1 Å². The highest BCUT2D eigenvalue weighted by atomic mass is 32.2. The lowest BCUT2D eigenvalue weighted by Crippen LogP contribution is -2.25. The van der Waals surface area contributed by atoms with Crippen molar-refractivity contribution in [2.24, 2.45) is 0 Å². The van der Waals surface area contributed by atoms with Crippen LogP contribution in [0.4, 0.5) is 0 Å². The molecule has 0 aliphatic carbocycles. The number of rotatable bonds is 8. The molecule has 7 heteroatoms. The van der Waals surface area contributed by atoms with Gasteiger partial charge in [-0.25, -0.2) is 13.1 Å². The van der Waals surface area contributed by atoms with Gasteiger partial charge in [0, 0.05) is 13.0 Å². The molecule has 0 aliphatic rings. The second-order valence-electron chi connectivity index (χ2n) is 4.55. The van der Waals surface area contributed by atoms with Crippen LogP contribution < -0.4 is 4.72 Å². The molecule has 0 radical (unpaired) electrons. The zero-order valence-corrected chi connectivity index (χ0v) is 13.0. The SMILES string of the molecule is CCOC(=O)CCCNS(=O)(=O)c1ccc(C(C)O)cc1. The van der Waals surface area contributed by atoms with E-state index in [2.05, 4.69) is 4.72 Å². The number of benzene rings is 1. The summed E-state index contributed by atoms with van der Waals surface area (Å²) in [5.41, 5.74) is 0.649. The Bertz CT molecular complexity index is 551. The lowest BCUT2D eigenvalue weighted by atomic mass is 10.1. The summed E-state index contributed by atoms with van der Waals surface area (Å²) in [4.78, 5) is 11.2. The molecule has 0 aliphatic heterocycles. The first-order chi connectivity index (χ1) is 9.86. The van der Waals surface area contributed by atoms with Gasteiger partial charge in [-0.3, -0.25) is 4.79 Å². The fourth-order valence-corrected chi connectivity index (χ4v) is 2.76. The molecule has 118 valence electrons. The Balaban J connectivity index is 2.51. The largest absolute Gasteiger partial charge is 0.466 e. The van der Waals surface area contributed by atoms with Gasteiger partial charge in [0.1, 0.15) is 0 Å². The van der Waals surface area contributed by atoms with Crippen molar-refractivity contribution < 1.29 is 23.1 Å². The van der Waals surface area contributed by atoms with Crippen LogP contribution in [0.1, 0.15) is 38.4 Å². The van der Waals surface area contributed by atoms with E-state index >= 15 is 0 Å². The molecule has 0 bridgehead atoms. The number of sulfonamides is 1. The Morgan fingerprint density at radius 1 is 1.33 bits per heavy atom. The number of hydrogen-bond donors (Lipinski definition) is 2. The van der Waals surface area contributed by atoms with Gasteiger partial charge in [-0.2, -0.15) is 0 Å². The van der Waals surface area contributed by atoms with Crippen molar-refractivity contribution in [1.82, 2.24) is 4.72 Å². The number of esters is 1. The molecule has 0 spiro atoms. The average molecular weight is 315 g/mol. The molecule has 1 aromatic carbocycles. The third kappa shape index (κ3) is 5.82. The predicted molar refractivity (Wildman–Crippen MR) is 78.1 cm³/mol. The fourth-order valence-electron chi connectivity index (χ4n) is 1.68. The maximum atomic E-state index is 12.0. The molecule has 21 heavy (non-hydrogen) atoms. The zero-order chi connectivity index (χ0) is 15.9. The lowest BCUT2D eigenvalue weighted by Gasteiger charge is -2.08. The van der Waals surface area contributed by atoms with Crippen molar-refractivity contribution in [3.63, 3.8) is 0 Å². The van der Waals surface area contributed by atoms with Gasteiger partial charge in [0.2, 0.25) is 10.0 Å². The van der Waals surface area contributed by atoms with Gasteiger partial charge in [-0.15, -0.1) is 0 Å². The van der Waals surface area contributed by atoms with E-state index in [-0.39, 0.29) is 23.8 Å². The molecule has 0 amide bonds. The highest BCUT2D eigenvalue weighted by Gasteiger charge is 2.14. The van der Waals surface area contributed by atoms with Crippen LogP contribution in [0.25, 0.3) is 0 Å². The van der Waals surface area contributed by atoms with Crippen molar-refractivity contribution in [2.75, 3.05) is 13.2 Å². The predicted octanol–water partition coefficient (Wildman–Crippen LogP) is 1.36. The van der Waals surface area contributed by atoms with E-state index in [1.165, 1.54) is 12.1 Å². The summed E-state index contributed by atoms with van der Waals surface area (Å²) >= 11 is 0. The Labute approximate surface area is 125 Å². The second-order valence-corrected chi connectivity index (χ2v) is 6.32. The van der Waals surface area contributed by atoms with Crippen LogP contribution in [0.2, 0.25) is 0 Å². The van der Waals surface area contributed by atoms with Gasteiger partial charge in [0.05, 0.1) is 17.6 Å². The van der Waals surface area contributed by atoms with Gasteiger partial charge in [0.15, 0.2) is 0 Å². The Morgan fingerprint density at radius 3 is 2.48 bits per heavy atom. The summed E-state index contributed by atoms with van der Waals surface area (Å²) in [5, 5.41) is 9.38. The van der Waals surface area contributed by atoms with Crippen molar-refractivity contribution in [3.8, 4) is 0 Å². The summed E-state index contributed by atoms with van der Waals surface area (Å²) in [5.74, 6) is -0.335. The zero-order valence-electron chi connectivity index (χ0n) is 12.2. The molecular weight excluding hydrogens is 294 g/mol. The minimum Gasteiger partial charge on any atom is -0.466 e. The van der Waals surface area contributed by atoms with Crippen molar-refractivity contribution in [3.05, 3.63) is 29.8 Å². The van der Waals surface area contributed by atoms with E-state index in [4.69, 9.17) is 4.74 Å². The van der Waals surface area contributed by atoms with Crippen LogP contribution in [-0.2, 0) is 19.6 Å². The molecule has 0 heterocycles. The van der Waals surface area contributed by atoms with Crippen LogP contribution in [0.15, 0.2) is 29.2 Å². The summed E-state index contributed by atoms with van der Waals surface area (Å²) < 4.78 is 31.2. The molecule has 6 nitrogen and oxygen atoms in total. The van der Waals surface area contributed by atoms with Crippen LogP contribution >= 0.6 is 0 Å². The van der Waals surface area contributed by atoms with E-state index in [0.717, 1.165) is 0 Å². The number of nitrogens with one attached hydrogen (secondary N) is 1.